The van der Waals surface area contributed by atoms with E-state index in [0.29, 0.717) is 31.7 Å². The number of aromatic nitrogens is 2. The quantitative estimate of drug-likeness (QED) is 0.758. The second-order valence-electron chi connectivity index (χ2n) is 6.17. The highest BCUT2D eigenvalue weighted by Crippen LogP contribution is 2.18. The van der Waals surface area contributed by atoms with Crippen molar-refractivity contribution in [2.75, 3.05) is 20.2 Å². The molecule has 0 atom stereocenters. The summed E-state index contributed by atoms with van der Waals surface area (Å²) >= 11 is 0. The fourth-order valence-corrected chi connectivity index (χ4v) is 4.17. The van der Waals surface area contributed by atoms with Gasteiger partial charge in [-0.1, -0.05) is 0 Å². The number of amides is 1. The molecule has 1 fully saturated rings. The van der Waals surface area contributed by atoms with E-state index >= 15 is 0 Å². The summed E-state index contributed by atoms with van der Waals surface area (Å²) in [5.74, 6) is 0.291. The molecule has 0 spiro atoms. The maximum absolute atomic E-state index is 12.5. The van der Waals surface area contributed by atoms with Gasteiger partial charge in [0.15, 0.2) is 0 Å². The summed E-state index contributed by atoms with van der Waals surface area (Å²) < 4.78 is 32.7. The maximum atomic E-state index is 12.5. The number of likely N-dealkylation sites (tertiary alicyclic amines) is 1. The second kappa shape index (κ2) is 7.89. The highest BCUT2D eigenvalue weighted by atomic mass is 32.2. The number of hydrogen-bond acceptors (Lipinski definition) is 6. The summed E-state index contributed by atoms with van der Waals surface area (Å²) in [4.78, 5) is 25.2. The molecule has 3 rings (SSSR count). The molecule has 2 heterocycles. The van der Waals surface area contributed by atoms with Crippen LogP contribution in [0.3, 0.4) is 0 Å². The number of sulfonamides is 1. The zero-order valence-corrected chi connectivity index (χ0v) is 15.5. The van der Waals surface area contributed by atoms with Gasteiger partial charge in [-0.2, -0.15) is 5.10 Å². The summed E-state index contributed by atoms with van der Waals surface area (Å²) in [5.41, 5.74) is -0.218. The summed E-state index contributed by atoms with van der Waals surface area (Å²) in [6, 6.07) is 8.52. The lowest BCUT2D eigenvalue weighted by Crippen LogP contribution is -2.46. The van der Waals surface area contributed by atoms with Crippen molar-refractivity contribution in [1.82, 2.24) is 19.8 Å². The minimum Gasteiger partial charge on any atom is -0.497 e. The zero-order chi connectivity index (χ0) is 19.4. The lowest BCUT2D eigenvalue weighted by molar-refractivity contribution is 0.0704. The molecule has 1 saturated heterocycles. The molecule has 27 heavy (non-hydrogen) atoms. The maximum Gasteiger partial charge on any atom is 0.274 e. The monoisotopic (exact) mass is 392 g/mol. The Hall–Kier alpha value is -2.72. The first kappa shape index (κ1) is 19.1. The van der Waals surface area contributed by atoms with Gasteiger partial charge >= 0.3 is 0 Å². The van der Waals surface area contributed by atoms with E-state index in [-0.39, 0.29) is 28.1 Å². The molecule has 0 unspecified atom stereocenters. The molecule has 1 aliphatic heterocycles. The number of carbonyl (C=O) groups excluding carboxylic acids is 1. The van der Waals surface area contributed by atoms with Crippen molar-refractivity contribution in [1.29, 1.82) is 0 Å². The minimum absolute atomic E-state index is 0.159. The Kier molecular flexibility index (Phi) is 5.57. The molecule has 1 aliphatic rings. The van der Waals surface area contributed by atoms with Gasteiger partial charge in [0.25, 0.3) is 11.5 Å². The topological polar surface area (TPSA) is 121 Å². The van der Waals surface area contributed by atoms with Crippen LogP contribution in [0.15, 0.2) is 46.1 Å². The van der Waals surface area contributed by atoms with Crippen LogP contribution in [-0.2, 0) is 10.0 Å². The van der Waals surface area contributed by atoms with Gasteiger partial charge in [-0.25, -0.2) is 18.2 Å². The van der Waals surface area contributed by atoms with E-state index in [2.05, 4.69) is 14.9 Å². The fraction of sp³-hybridized carbons (Fsp3) is 0.353. The molecule has 2 aromatic rings. The molecule has 1 aromatic carbocycles. The summed E-state index contributed by atoms with van der Waals surface area (Å²) in [5, 5.41) is 5.97. The van der Waals surface area contributed by atoms with Crippen LogP contribution >= 0.6 is 0 Å². The third-order valence-corrected chi connectivity index (χ3v) is 5.91. The van der Waals surface area contributed by atoms with Gasteiger partial charge in [-0.05, 0) is 43.2 Å². The number of H-pyrrole nitrogens is 1. The summed E-state index contributed by atoms with van der Waals surface area (Å²) in [7, 11) is -2.13. The molecular formula is C17H20N4O5S. The third-order valence-electron chi connectivity index (χ3n) is 4.37. The first-order valence-corrected chi connectivity index (χ1v) is 9.89. The Morgan fingerprint density at radius 1 is 1.19 bits per heavy atom. The highest BCUT2D eigenvalue weighted by Gasteiger charge is 2.27. The van der Waals surface area contributed by atoms with E-state index in [1.165, 1.54) is 31.4 Å². The molecule has 0 saturated carbocycles. The molecule has 2 N–H and O–H groups in total. The number of hydrogen-bond donors (Lipinski definition) is 2. The van der Waals surface area contributed by atoms with E-state index in [1.54, 1.807) is 17.0 Å². The van der Waals surface area contributed by atoms with Crippen molar-refractivity contribution in [2.45, 2.75) is 23.8 Å². The van der Waals surface area contributed by atoms with Crippen molar-refractivity contribution in [2.24, 2.45) is 0 Å². The van der Waals surface area contributed by atoms with Gasteiger partial charge in [0.2, 0.25) is 10.0 Å². The lowest BCUT2D eigenvalue weighted by atomic mass is 10.1. The second-order valence-corrected chi connectivity index (χ2v) is 7.88. The van der Waals surface area contributed by atoms with Crippen LogP contribution in [0.4, 0.5) is 0 Å². The SMILES string of the molecule is COc1ccc(S(=O)(=O)NC2CCN(C(=O)c3ccc(=O)[nH]n3)CC2)cc1. The standard InChI is InChI=1S/C17H20N4O5S/c1-26-13-2-4-14(5-3-13)27(24,25)20-12-8-10-21(11-9-12)17(23)15-6-7-16(22)19-18-15/h2-7,12,20H,8-11H2,1H3,(H,19,22). The van der Waals surface area contributed by atoms with Crippen molar-refractivity contribution >= 4 is 15.9 Å². The van der Waals surface area contributed by atoms with Gasteiger partial charge in [0.05, 0.1) is 12.0 Å². The summed E-state index contributed by atoms with van der Waals surface area (Å²) in [6.45, 7) is 0.797. The fourth-order valence-electron chi connectivity index (χ4n) is 2.87. The number of aromatic amines is 1. The number of ether oxygens (including phenoxy) is 1. The smallest absolute Gasteiger partial charge is 0.274 e. The number of benzene rings is 1. The normalized spacial score (nSPS) is 15.5. The van der Waals surface area contributed by atoms with Gasteiger partial charge in [0.1, 0.15) is 11.4 Å². The Morgan fingerprint density at radius 3 is 2.41 bits per heavy atom. The van der Waals surface area contributed by atoms with Crippen molar-refractivity contribution in [3.05, 3.63) is 52.4 Å². The number of methoxy groups -OCH3 is 1. The molecular weight excluding hydrogens is 372 g/mol. The molecule has 10 heteroatoms. The van der Waals surface area contributed by atoms with Crippen molar-refractivity contribution < 1.29 is 17.9 Å². The van der Waals surface area contributed by atoms with E-state index < -0.39 is 10.0 Å². The van der Waals surface area contributed by atoms with Gasteiger partial charge in [0, 0.05) is 25.2 Å². The predicted molar refractivity (Wildman–Crippen MR) is 97.1 cm³/mol. The van der Waals surface area contributed by atoms with Gasteiger partial charge < -0.3 is 9.64 Å². The Bertz CT molecular complexity index is 943. The number of nitrogens with one attached hydrogen (secondary N) is 2. The molecule has 144 valence electrons. The first-order chi connectivity index (χ1) is 12.9. The number of nitrogens with zero attached hydrogens (tertiary/aromatic N) is 2. The summed E-state index contributed by atoms with van der Waals surface area (Å²) in [6.07, 6.45) is 0.981. The molecule has 1 amide bonds. The largest absolute Gasteiger partial charge is 0.497 e. The molecule has 0 bridgehead atoms. The molecule has 9 nitrogen and oxygen atoms in total. The Morgan fingerprint density at radius 2 is 1.85 bits per heavy atom. The molecule has 1 aromatic heterocycles. The van der Waals surface area contributed by atoms with Crippen LogP contribution in [0.5, 0.6) is 5.75 Å². The lowest BCUT2D eigenvalue weighted by Gasteiger charge is -2.32. The van der Waals surface area contributed by atoms with E-state index in [1.807, 2.05) is 0 Å². The average molecular weight is 392 g/mol. The van der Waals surface area contributed by atoms with E-state index in [0.717, 1.165) is 0 Å². The van der Waals surface area contributed by atoms with E-state index in [9.17, 15) is 18.0 Å². The minimum atomic E-state index is -3.64. The van der Waals surface area contributed by atoms with Crippen LogP contribution < -0.4 is 15.0 Å². The van der Waals surface area contributed by atoms with Crippen LogP contribution in [0.25, 0.3) is 0 Å². The molecule has 0 aliphatic carbocycles. The van der Waals surface area contributed by atoms with Crippen LogP contribution in [0.1, 0.15) is 23.3 Å². The van der Waals surface area contributed by atoms with Crippen molar-refractivity contribution in [3.63, 3.8) is 0 Å². The highest BCUT2D eigenvalue weighted by molar-refractivity contribution is 7.89. The number of piperidine rings is 1. The van der Waals surface area contributed by atoms with Crippen molar-refractivity contribution in [3.8, 4) is 5.75 Å². The van der Waals surface area contributed by atoms with Gasteiger partial charge in [-0.3, -0.25) is 9.59 Å². The Balaban J connectivity index is 1.59. The first-order valence-electron chi connectivity index (χ1n) is 8.40. The van der Waals surface area contributed by atoms with E-state index in [4.69, 9.17) is 4.74 Å². The number of rotatable bonds is 5. The predicted octanol–water partition coefficient (Wildman–Crippen LogP) is 0.362. The van der Waals surface area contributed by atoms with Crippen LogP contribution in [0.2, 0.25) is 0 Å². The average Bonchev–Trinajstić information content (AvgIpc) is 2.68. The number of carbonyl (C=O) groups is 1. The Labute approximate surface area is 156 Å². The molecule has 0 radical (unpaired) electrons. The van der Waals surface area contributed by atoms with Crippen LogP contribution in [-0.4, -0.2) is 55.7 Å². The van der Waals surface area contributed by atoms with Crippen LogP contribution in [0, 0.1) is 0 Å². The zero-order valence-electron chi connectivity index (χ0n) is 14.7. The van der Waals surface area contributed by atoms with Gasteiger partial charge in [-0.15, -0.1) is 0 Å². The third kappa shape index (κ3) is 4.52.